The number of rotatable bonds is 2. The molecule has 0 spiro atoms. The minimum Gasteiger partial charge on any atom is -0.340 e. The van der Waals surface area contributed by atoms with Crippen LogP contribution in [0.1, 0.15) is 25.7 Å². The molecule has 74 valence electrons. The minimum absolute atomic E-state index is 0.413. The van der Waals surface area contributed by atoms with E-state index in [0.717, 1.165) is 17.3 Å². The molecule has 0 aromatic carbocycles. The molecule has 0 saturated carbocycles. The highest BCUT2D eigenvalue weighted by atomic mass is 15.1. The Labute approximate surface area is 83.0 Å². The number of hydrogen-bond donors (Lipinski definition) is 1. The lowest BCUT2D eigenvalue weighted by molar-refractivity contribution is 0.605. The van der Waals surface area contributed by atoms with Gasteiger partial charge in [0.05, 0.1) is 6.20 Å². The number of H-pyrrole nitrogens is 1. The second-order valence-electron chi connectivity index (χ2n) is 3.63. The molecule has 0 aliphatic heterocycles. The third kappa shape index (κ3) is 1.43. The van der Waals surface area contributed by atoms with Crippen molar-refractivity contribution < 1.29 is 0 Å². The van der Waals surface area contributed by atoms with Crippen LogP contribution in [0.25, 0.3) is 11.5 Å². The number of nitrogens with zero attached hydrogens (tertiary/aromatic N) is 3. The van der Waals surface area contributed by atoms with Crippen molar-refractivity contribution in [2.24, 2.45) is 0 Å². The zero-order chi connectivity index (χ0) is 10.1. The number of imidazole rings is 2. The lowest BCUT2D eigenvalue weighted by Crippen LogP contribution is -2.01. The van der Waals surface area contributed by atoms with Crippen molar-refractivity contribution in [2.45, 2.75) is 26.8 Å². The molecule has 0 fully saturated rings. The molecule has 0 aliphatic rings. The van der Waals surface area contributed by atoms with E-state index in [1.54, 1.807) is 0 Å². The van der Waals surface area contributed by atoms with Gasteiger partial charge in [0.15, 0.2) is 5.82 Å². The molecule has 0 radical (unpaired) electrons. The summed E-state index contributed by atoms with van der Waals surface area (Å²) in [6.45, 7) is 6.20. The maximum atomic E-state index is 4.31. The van der Waals surface area contributed by atoms with Gasteiger partial charge in [-0.05, 0) is 20.8 Å². The summed E-state index contributed by atoms with van der Waals surface area (Å²) in [6.07, 6.45) is 5.61. The number of aromatic nitrogens is 4. The van der Waals surface area contributed by atoms with Gasteiger partial charge in [-0.25, -0.2) is 9.97 Å². The SMILES string of the molecule is Cc1ncc(-c2nccn2C(C)C)[nH]1. The van der Waals surface area contributed by atoms with Gasteiger partial charge in [-0.2, -0.15) is 0 Å². The summed E-state index contributed by atoms with van der Waals surface area (Å²) in [6, 6.07) is 0.413. The fraction of sp³-hybridized carbons (Fsp3) is 0.400. The van der Waals surface area contributed by atoms with Crippen LogP contribution in [0.4, 0.5) is 0 Å². The predicted molar refractivity (Wildman–Crippen MR) is 54.9 cm³/mol. The second kappa shape index (κ2) is 3.29. The Kier molecular flexibility index (Phi) is 2.11. The summed E-state index contributed by atoms with van der Waals surface area (Å²) >= 11 is 0. The van der Waals surface area contributed by atoms with Gasteiger partial charge in [-0.1, -0.05) is 0 Å². The third-order valence-electron chi connectivity index (χ3n) is 2.17. The molecule has 0 amide bonds. The third-order valence-corrected chi connectivity index (χ3v) is 2.17. The summed E-state index contributed by atoms with van der Waals surface area (Å²) in [5.74, 6) is 1.86. The van der Waals surface area contributed by atoms with Crippen molar-refractivity contribution in [1.82, 2.24) is 19.5 Å². The van der Waals surface area contributed by atoms with Crippen molar-refractivity contribution in [3.8, 4) is 11.5 Å². The quantitative estimate of drug-likeness (QED) is 0.788. The first-order valence-electron chi connectivity index (χ1n) is 4.73. The van der Waals surface area contributed by atoms with Gasteiger partial charge in [0.1, 0.15) is 11.5 Å². The zero-order valence-electron chi connectivity index (χ0n) is 8.65. The largest absolute Gasteiger partial charge is 0.340 e. The average Bonchev–Trinajstić information content (AvgIpc) is 2.70. The van der Waals surface area contributed by atoms with Crippen LogP contribution in [-0.2, 0) is 0 Å². The van der Waals surface area contributed by atoms with Crippen LogP contribution in [0.3, 0.4) is 0 Å². The van der Waals surface area contributed by atoms with Crippen LogP contribution in [0.5, 0.6) is 0 Å². The highest BCUT2D eigenvalue weighted by Crippen LogP contribution is 2.18. The molecule has 4 nitrogen and oxygen atoms in total. The molecular formula is C10H14N4. The van der Waals surface area contributed by atoms with Crippen LogP contribution in [0.2, 0.25) is 0 Å². The normalized spacial score (nSPS) is 11.1. The number of hydrogen-bond acceptors (Lipinski definition) is 2. The summed E-state index contributed by atoms with van der Waals surface area (Å²) in [5, 5.41) is 0. The molecule has 1 N–H and O–H groups in total. The Bertz CT molecular complexity index is 425. The van der Waals surface area contributed by atoms with E-state index in [1.807, 2.05) is 25.5 Å². The zero-order valence-corrected chi connectivity index (χ0v) is 8.65. The number of aryl methyl sites for hydroxylation is 1. The van der Waals surface area contributed by atoms with Crippen molar-refractivity contribution in [3.63, 3.8) is 0 Å². The Balaban J connectivity index is 2.46. The van der Waals surface area contributed by atoms with Crippen LogP contribution in [0, 0.1) is 6.92 Å². The summed E-state index contributed by atoms with van der Waals surface area (Å²) in [7, 11) is 0. The first-order chi connectivity index (χ1) is 6.68. The van der Waals surface area contributed by atoms with Crippen molar-refractivity contribution in [3.05, 3.63) is 24.4 Å². The van der Waals surface area contributed by atoms with Crippen LogP contribution < -0.4 is 0 Å². The van der Waals surface area contributed by atoms with Crippen LogP contribution in [-0.4, -0.2) is 19.5 Å². The van der Waals surface area contributed by atoms with Crippen molar-refractivity contribution in [1.29, 1.82) is 0 Å². The summed E-state index contributed by atoms with van der Waals surface area (Å²) in [4.78, 5) is 11.7. The predicted octanol–water partition coefficient (Wildman–Crippen LogP) is 2.16. The molecule has 0 aliphatic carbocycles. The van der Waals surface area contributed by atoms with E-state index < -0.39 is 0 Å². The smallest absolute Gasteiger partial charge is 0.158 e. The molecule has 14 heavy (non-hydrogen) atoms. The molecule has 0 saturated heterocycles. The standard InChI is InChI=1S/C10H14N4/c1-7(2)14-5-4-11-10(14)9-6-12-8(3)13-9/h4-7H,1-3H3,(H,12,13). The van der Waals surface area contributed by atoms with Crippen LogP contribution >= 0.6 is 0 Å². The monoisotopic (exact) mass is 190 g/mol. The minimum atomic E-state index is 0.413. The van der Waals surface area contributed by atoms with Crippen LogP contribution in [0.15, 0.2) is 18.6 Å². The fourth-order valence-corrected chi connectivity index (χ4v) is 1.47. The summed E-state index contributed by atoms with van der Waals surface area (Å²) in [5.41, 5.74) is 0.973. The molecule has 4 heteroatoms. The van der Waals surface area contributed by atoms with Gasteiger partial charge in [0, 0.05) is 18.4 Å². The van der Waals surface area contributed by atoms with E-state index >= 15 is 0 Å². The van der Waals surface area contributed by atoms with Crippen molar-refractivity contribution in [2.75, 3.05) is 0 Å². The second-order valence-corrected chi connectivity index (χ2v) is 3.63. The lowest BCUT2D eigenvalue weighted by Gasteiger charge is -2.09. The van der Waals surface area contributed by atoms with E-state index in [-0.39, 0.29) is 0 Å². The molecule has 2 rings (SSSR count). The van der Waals surface area contributed by atoms with E-state index in [0.29, 0.717) is 6.04 Å². The molecule has 0 atom stereocenters. The Hall–Kier alpha value is -1.58. The molecule has 0 bridgehead atoms. The maximum Gasteiger partial charge on any atom is 0.158 e. The summed E-state index contributed by atoms with van der Waals surface area (Å²) < 4.78 is 2.12. The van der Waals surface area contributed by atoms with Gasteiger partial charge in [-0.3, -0.25) is 0 Å². The molecule has 0 unspecified atom stereocenters. The van der Waals surface area contributed by atoms with E-state index in [9.17, 15) is 0 Å². The van der Waals surface area contributed by atoms with Crippen molar-refractivity contribution >= 4 is 0 Å². The number of nitrogens with one attached hydrogen (secondary N) is 1. The fourth-order valence-electron chi connectivity index (χ4n) is 1.47. The van der Waals surface area contributed by atoms with Gasteiger partial charge < -0.3 is 9.55 Å². The number of aromatic amines is 1. The van der Waals surface area contributed by atoms with Gasteiger partial charge in [0.25, 0.3) is 0 Å². The average molecular weight is 190 g/mol. The van der Waals surface area contributed by atoms with E-state index in [4.69, 9.17) is 0 Å². The molecule has 2 aromatic rings. The van der Waals surface area contributed by atoms with Gasteiger partial charge in [0.2, 0.25) is 0 Å². The van der Waals surface area contributed by atoms with E-state index in [1.165, 1.54) is 0 Å². The lowest BCUT2D eigenvalue weighted by atomic mass is 10.3. The highest BCUT2D eigenvalue weighted by Gasteiger charge is 2.09. The van der Waals surface area contributed by atoms with Gasteiger partial charge >= 0.3 is 0 Å². The Morgan fingerprint density at radius 2 is 2.14 bits per heavy atom. The van der Waals surface area contributed by atoms with E-state index in [2.05, 4.69) is 33.4 Å². The topological polar surface area (TPSA) is 46.5 Å². The molecule has 2 aromatic heterocycles. The first-order valence-corrected chi connectivity index (χ1v) is 4.73. The Morgan fingerprint density at radius 3 is 2.71 bits per heavy atom. The van der Waals surface area contributed by atoms with Gasteiger partial charge in [-0.15, -0.1) is 0 Å². The Morgan fingerprint density at radius 1 is 1.36 bits per heavy atom. The molecule has 2 heterocycles. The highest BCUT2D eigenvalue weighted by molar-refractivity contribution is 5.48. The maximum absolute atomic E-state index is 4.31. The molecular weight excluding hydrogens is 176 g/mol. The first kappa shape index (κ1) is 8.99.